The highest BCUT2D eigenvalue weighted by molar-refractivity contribution is 7.89. The summed E-state index contributed by atoms with van der Waals surface area (Å²) in [5.41, 5.74) is 6.44. The summed E-state index contributed by atoms with van der Waals surface area (Å²) in [7, 11) is -3.81. The molecule has 0 amide bonds. The Kier molecular flexibility index (Phi) is 3.33. The normalized spacial score (nSPS) is 23.1. The van der Waals surface area contributed by atoms with E-state index in [1.807, 2.05) is 6.92 Å². The van der Waals surface area contributed by atoms with Gasteiger partial charge in [0.15, 0.2) is 0 Å². The van der Waals surface area contributed by atoms with E-state index in [0.717, 1.165) is 18.9 Å². The topological polar surface area (TPSA) is 72.2 Å². The molecule has 1 fully saturated rings. The van der Waals surface area contributed by atoms with E-state index in [1.165, 1.54) is 6.07 Å². The van der Waals surface area contributed by atoms with E-state index in [4.69, 9.17) is 5.73 Å². The molecule has 2 atom stereocenters. The van der Waals surface area contributed by atoms with Crippen LogP contribution in [-0.2, 0) is 10.0 Å². The Labute approximate surface area is 106 Å². The van der Waals surface area contributed by atoms with Crippen molar-refractivity contribution in [2.45, 2.75) is 37.6 Å². The minimum absolute atomic E-state index is 0.0677. The van der Waals surface area contributed by atoms with E-state index in [9.17, 15) is 12.8 Å². The molecule has 100 valence electrons. The quantitative estimate of drug-likeness (QED) is 0.821. The second-order valence-corrected chi connectivity index (χ2v) is 6.45. The lowest BCUT2D eigenvalue weighted by molar-refractivity contribution is 0.553. The maximum absolute atomic E-state index is 13.7. The first kappa shape index (κ1) is 13.3. The van der Waals surface area contributed by atoms with Gasteiger partial charge < -0.3 is 5.73 Å². The van der Waals surface area contributed by atoms with Crippen molar-refractivity contribution in [1.82, 2.24) is 4.72 Å². The molecule has 0 aromatic heterocycles. The van der Waals surface area contributed by atoms with E-state index in [2.05, 4.69) is 4.72 Å². The number of halogens is 1. The van der Waals surface area contributed by atoms with Gasteiger partial charge in [-0.3, -0.25) is 0 Å². The average Bonchev–Trinajstić information content (AvgIpc) is 3.00. The number of rotatable bonds is 4. The third-order valence-corrected chi connectivity index (χ3v) is 4.87. The Morgan fingerprint density at radius 1 is 1.50 bits per heavy atom. The van der Waals surface area contributed by atoms with Crippen LogP contribution in [0.25, 0.3) is 0 Å². The Morgan fingerprint density at radius 3 is 2.72 bits per heavy atom. The van der Waals surface area contributed by atoms with Gasteiger partial charge in [0, 0.05) is 11.7 Å². The van der Waals surface area contributed by atoms with Crippen molar-refractivity contribution in [3.8, 4) is 0 Å². The summed E-state index contributed by atoms with van der Waals surface area (Å²) >= 11 is 0. The van der Waals surface area contributed by atoms with E-state index in [0.29, 0.717) is 11.5 Å². The van der Waals surface area contributed by atoms with Crippen molar-refractivity contribution < 1.29 is 12.8 Å². The Balaban J connectivity index is 2.27. The number of anilines is 1. The third kappa shape index (κ3) is 2.49. The molecule has 0 bridgehead atoms. The summed E-state index contributed by atoms with van der Waals surface area (Å²) in [6.45, 7) is 3.64. The number of nitrogens with one attached hydrogen (secondary N) is 1. The van der Waals surface area contributed by atoms with Crippen molar-refractivity contribution in [2.75, 3.05) is 5.73 Å². The van der Waals surface area contributed by atoms with Crippen LogP contribution in [0.1, 0.15) is 25.3 Å². The van der Waals surface area contributed by atoms with Gasteiger partial charge in [-0.15, -0.1) is 0 Å². The van der Waals surface area contributed by atoms with Gasteiger partial charge in [0.1, 0.15) is 10.7 Å². The Hall–Kier alpha value is -1.14. The van der Waals surface area contributed by atoms with E-state index in [1.54, 1.807) is 6.92 Å². The molecule has 0 aliphatic heterocycles. The van der Waals surface area contributed by atoms with E-state index >= 15 is 0 Å². The molecule has 1 aliphatic rings. The van der Waals surface area contributed by atoms with Gasteiger partial charge in [0.25, 0.3) is 0 Å². The van der Waals surface area contributed by atoms with E-state index in [-0.39, 0.29) is 16.6 Å². The van der Waals surface area contributed by atoms with Gasteiger partial charge in [0.2, 0.25) is 10.0 Å². The number of sulfonamides is 1. The molecular formula is C12H17FN2O2S. The fourth-order valence-electron chi connectivity index (χ4n) is 1.98. The smallest absolute Gasteiger partial charge is 0.243 e. The molecule has 0 spiro atoms. The molecular weight excluding hydrogens is 255 g/mol. The van der Waals surface area contributed by atoms with Crippen LogP contribution >= 0.6 is 0 Å². The van der Waals surface area contributed by atoms with Gasteiger partial charge >= 0.3 is 0 Å². The maximum atomic E-state index is 13.7. The molecule has 0 saturated heterocycles. The molecule has 18 heavy (non-hydrogen) atoms. The monoisotopic (exact) mass is 272 g/mol. The molecule has 0 radical (unpaired) electrons. The molecule has 1 saturated carbocycles. The second kappa shape index (κ2) is 4.51. The van der Waals surface area contributed by atoms with Crippen LogP contribution in [0.4, 0.5) is 10.1 Å². The molecule has 2 unspecified atom stereocenters. The summed E-state index contributed by atoms with van der Waals surface area (Å²) < 4.78 is 40.3. The van der Waals surface area contributed by atoms with E-state index < -0.39 is 15.8 Å². The number of nitrogens with two attached hydrogens (primary N) is 1. The van der Waals surface area contributed by atoms with Crippen LogP contribution in [0.3, 0.4) is 0 Å². The van der Waals surface area contributed by atoms with Gasteiger partial charge in [-0.25, -0.2) is 17.5 Å². The van der Waals surface area contributed by atoms with Crippen LogP contribution < -0.4 is 10.5 Å². The van der Waals surface area contributed by atoms with Crippen molar-refractivity contribution in [3.05, 3.63) is 23.5 Å². The van der Waals surface area contributed by atoms with Crippen LogP contribution in [-0.4, -0.2) is 14.5 Å². The highest BCUT2D eigenvalue weighted by atomic mass is 32.2. The summed E-state index contributed by atoms with van der Waals surface area (Å²) in [6, 6.07) is 2.26. The van der Waals surface area contributed by atoms with Crippen LogP contribution in [0, 0.1) is 18.7 Å². The largest absolute Gasteiger partial charge is 0.398 e. The number of hydrogen-bond donors (Lipinski definition) is 2. The molecule has 6 heteroatoms. The van der Waals surface area contributed by atoms with Gasteiger partial charge in [-0.1, -0.05) is 13.3 Å². The number of benzene rings is 1. The van der Waals surface area contributed by atoms with Crippen LogP contribution in [0.2, 0.25) is 0 Å². The molecule has 0 heterocycles. The zero-order valence-corrected chi connectivity index (χ0v) is 11.2. The fourth-order valence-corrected chi connectivity index (χ4v) is 3.39. The van der Waals surface area contributed by atoms with Crippen molar-refractivity contribution in [1.29, 1.82) is 0 Å². The Morgan fingerprint density at radius 2 is 2.17 bits per heavy atom. The first-order valence-corrected chi connectivity index (χ1v) is 7.41. The number of nitrogen functional groups attached to an aromatic ring is 1. The molecule has 4 nitrogen and oxygen atoms in total. The maximum Gasteiger partial charge on any atom is 0.243 e. The zero-order valence-electron chi connectivity index (χ0n) is 10.4. The number of aryl methyl sites for hydroxylation is 1. The third-order valence-electron chi connectivity index (χ3n) is 3.36. The van der Waals surface area contributed by atoms with Gasteiger partial charge in [0.05, 0.1) is 0 Å². The first-order chi connectivity index (χ1) is 8.35. The minimum atomic E-state index is -3.81. The van der Waals surface area contributed by atoms with Gasteiger partial charge in [-0.05, 0) is 37.0 Å². The summed E-state index contributed by atoms with van der Waals surface area (Å²) in [5.74, 6) is -0.395. The summed E-state index contributed by atoms with van der Waals surface area (Å²) in [5, 5.41) is 0. The molecule has 3 N–H and O–H groups in total. The second-order valence-electron chi connectivity index (χ2n) is 4.77. The minimum Gasteiger partial charge on any atom is -0.398 e. The average molecular weight is 272 g/mol. The Bertz CT molecular complexity index is 572. The van der Waals surface area contributed by atoms with Crippen molar-refractivity contribution in [2.24, 2.45) is 5.92 Å². The molecule has 1 aliphatic carbocycles. The van der Waals surface area contributed by atoms with Crippen LogP contribution in [0.15, 0.2) is 17.0 Å². The molecule has 1 aromatic rings. The summed E-state index contributed by atoms with van der Waals surface area (Å²) in [6.07, 6.45) is 1.74. The van der Waals surface area contributed by atoms with Crippen molar-refractivity contribution in [3.63, 3.8) is 0 Å². The lowest BCUT2D eigenvalue weighted by atomic mass is 10.2. The summed E-state index contributed by atoms with van der Waals surface area (Å²) in [4.78, 5) is -0.368. The molecule has 2 rings (SSSR count). The SMILES string of the molecule is CCC1CC1NS(=O)(=O)c1cc(N)c(C)cc1F. The molecule has 1 aromatic carbocycles. The first-order valence-electron chi connectivity index (χ1n) is 5.93. The van der Waals surface area contributed by atoms with Gasteiger partial charge in [-0.2, -0.15) is 0 Å². The highest BCUT2D eigenvalue weighted by Gasteiger charge is 2.39. The predicted molar refractivity (Wildman–Crippen MR) is 68.1 cm³/mol. The zero-order chi connectivity index (χ0) is 13.5. The lowest BCUT2D eigenvalue weighted by Gasteiger charge is -2.09. The number of hydrogen-bond acceptors (Lipinski definition) is 3. The van der Waals surface area contributed by atoms with Crippen LogP contribution in [0.5, 0.6) is 0 Å². The lowest BCUT2D eigenvalue weighted by Crippen LogP contribution is -2.28. The fraction of sp³-hybridized carbons (Fsp3) is 0.500. The highest BCUT2D eigenvalue weighted by Crippen LogP contribution is 2.34. The standard InChI is InChI=1S/C12H17FN2O2S/c1-3-8-5-11(8)15-18(16,17)12-6-10(14)7(2)4-9(12)13/h4,6,8,11,15H,3,5,14H2,1-2H3. The van der Waals surface area contributed by atoms with Crippen molar-refractivity contribution >= 4 is 15.7 Å². The predicted octanol–water partition coefficient (Wildman–Crippen LogP) is 1.79.